The van der Waals surface area contributed by atoms with Crippen molar-refractivity contribution in [3.05, 3.63) is 34.9 Å². The molecule has 28 heavy (non-hydrogen) atoms. The standard InChI is InChI=1S/C21H36NO5P/c1-2-3-4-5-6-7-8-17-9-10-19-14-20(12-11-18(19)13-17)21(22,15-23)16-27-28(24,25)26/h9-10,13,20,23H,2-8,11-12,14-16,22H2,1H3,(H2,24,25,26)/t20-,21?/m1/s1. The van der Waals surface area contributed by atoms with Gasteiger partial charge in [0, 0.05) is 0 Å². The highest BCUT2D eigenvalue weighted by Crippen LogP contribution is 2.39. The zero-order valence-corrected chi connectivity index (χ0v) is 17.9. The van der Waals surface area contributed by atoms with Crippen LogP contribution in [0.25, 0.3) is 0 Å². The number of hydrogen-bond acceptors (Lipinski definition) is 4. The van der Waals surface area contributed by atoms with E-state index in [1.165, 1.54) is 55.2 Å². The number of aliphatic hydroxyl groups is 1. The molecule has 0 radical (unpaired) electrons. The molecule has 1 unspecified atom stereocenters. The number of aliphatic hydroxyl groups excluding tert-OH is 1. The van der Waals surface area contributed by atoms with E-state index in [2.05, 4.69) is 29.6 Å². The molecule has 0 aliphatic heterocycles. The minimum atomic E-state index is -4.61. The minimum Gasteiger partial charge on any atom is -0.394 e. The fraction of sp³-hybridized carbons (Fsp3) is 0.714. The predicted molar refractivity (Wildman–Crippen MR) is 111 cm³/mol. The highest BCUT2D eigenvalue weighted by atomic mass is 31.2. The van der Waals surface area contributed by atoms with Crippen molar-refractivity contribution >= 4 is 7.82 Å². The lowest BCUT2D eigenvalue weighted by Gasteiger charge is -2.38. The predicted octanol–water partition coefficient (Wildman–Crippen LogP) is 3.49. The molecular formula is C21H36NO5P. The number of phosphoric acid groups is 1. The average molecular weight is 413 g/mol. The van der Waals surface area contributed by atoms with Crippen molar-refractivity contribution in [3.63, 3.8) is 0 Å². The number of benzene rings is 1. The number of rotatable bonds is 12. The Morgan fingerprint density at radius 3 is 2.57 bits per heavy atom. The van der Waals surface area contributed by atoms with Crippen LogP contribution in [0.3, 0.4) is 0 Å². The van der Waals surface area contributed by atoms with Crippen LogP contribution in [0.2, 0.25) is 0 Å². The van der Waals surface area contributed by atoms with Crippen molar-refractivity contribution in [1.82, 2.24) is 0 Å². The average Bonchev–Trinajstić information content (AvgIpc) is 2.67. The lowest BCUT2D eigenvalue weighted by molar-refractivity contribution is 0.0635. The van der Waals surface area contributed by atoms with Crippen molar-refractivity contribution in [2.45, 2.75) is 76.7 Å². The fourth-order valence-corrected chi connectivity index (χ4v) is 4.47. The third kappa shape index (κ3) is 7.25. The molecule has 1 aromatic carbocycles. The smallest absolute Gasteiger partial charge is 0.394 e. The summed E-state index contributed by atoms with van der Waals surface area (Å²) in [4.78, 5) is 17.9. The summed E-state index contributed by atoms with van der Waals surface area (Å²) in [5.41, 5.74) is 9.02. The second-order valence-electron chi connectivity index (χ2n) is 8.22. The zero-order valence-electron chi connectivity index (χ0n) is 17.0. The van der Waals surface area contributed by atoms with E-state index >= 15 is 0 Å². The van der Waals surface area contributed by atoms with Gasteiger partial charge in [0.1, 0.15) is 0 Å². The number of hydrogen-bond donors (Lipinski definition) is 4. The van der Waals surface area contributed by atoms with Crippen LogP contribution in [-0.4, -0.2) is 33.6 Å². The number of unbranched alkanes of at least 4 members (excludes halogenated alkanes) is 5. The molecule has 1 aliphatic rings. The fourth-order valence-electron chi connectivity index (χ4n) is 4.06. The maximum absolute atomic E-state index is 11.0. The Morgan fingerprint density at radius 1 is 1.18 bits per heavy atom. The lowest BCUT2D eigenvalue weighted by Crippen LogP contribution is -2.55. The quantitative estimate of drug-likeness (QED) is 0.308. The van der Waals surface area contributed by atoms with Crippen molar-refractivity contribution in [1.29, 1.82) is 0 Å². The third-order valence-corrected chi connectivity index (χ3v) is 6.39. The second-order valence-corrected chi connectivity index (χ2v) is 9.46. The summed E-state index contributed by atoms with van der Waals surface area (Å²) in [6.45, 7) is 1.50. The monoisotopic (exact) mass is 413 g/mol. The molecule has 2 atom stereocenters. The molecular weight excluding hydrogens is 377 g/mol. The molecule has 0 aromatic heterocycles. The van der Waals surface area contributed by atoms with E-state index in [1.807, 2.05) is 0 Å². The molecule has 0 bridgehead atoms. The van der Waals surface area contributed by atoms with Gasteiger partial charge in [-0.05, 0) is 54.7 Å². The normalized spacial score (nSPS) is 19.2. The van der Waals surface area contributed by atoms with Crippen LogP contribution >= 0.6 is 7.82 Å². The van der Waals surface area contributed by atoms with E-state index in [-0.39, 0.29) is 19.1 Å². The molecule has 7 heteroatoms. The molecule has 1 aliphatic carbocycles. The van der Waals surface area contributed by atoms with Gasteiger partial charge < -0.3 is 20.6 Å². The van der Waals surface area contributed by atoms with Crippen molar-refractivity contribution in [3.8, 4) is 0 Å². The largest absolute Gasteiger partial charge is 0.469 e. The Balaban J connectivity index is 1.91. The molecule has 0 amide bonds. The first-order valence-corrected chi connectivity index (χ1v) is 12.0. The van der Waals surface area contributed by atoms with Gasteiger partial charge in [0.2, 0.25) is 0 Å². The molecule has 5 N–H and O–H groups in total. The Hall–Kier alpha value is -0.750. The van der Waals surface area contributed by atoms with E-state index in [4.69, 9.17) is 15.5 Å². The van der Waals surface area contributed by atoms with Crippen LogP contribution in [0.15, 0.2) is 18.2 Å². The van der Waals surface area contributed by atoms with Gasteiger partial charge in [0.25, 0.3) is 0 Å². The van der Waals surface area contributed by atoms with Gasteiger partial charge in [-0.2, -0.15) is 0 Å². The van der Waals surface area contributed by atoms with Crippen LogP contribution in [0.1, 0.15) is 68.6 Å². The summed E-state index contributed by atoms with van der Waals surface area (Å²) >= 11 is 0. The molecule has 6 nitrogen and oxygen atoms in total. The van der Waals surface area contributed by atoms with Crippen LogP contribution in [0.5, 0.6) is 0 Å². The van der Waals surface area contributed by atoms with Gasteiger partial charge in [-0.3, -0.25) is 4.52 Å². The molecule has 0 saturated heterocycles. The van der Waals surface area contributed by atoms with Crippen LogP contribution in [0.4, 0.5) is 0 Å². The first-order chi connectivity index (χ1) is 13.3. The Bertz CT molecular complexity index is 662. The maximum Gasteiger partial charge on any atom is 0.469 e. The summed E-state index contributed by atoms with van der Waals surface area (Å²) < 4.78 is 15.6. The Kier molecular flexibility index (Phi) is 9.13. The summed E-state index contributed by atoms with van der Waals surface area (Å²) in [5.74, 6) is -0.0824. The van der Waals surface area contributed by atoms with E-state index in [0.717, 1.165) is 19.3 Å². The molecule has 0 heterocycles. The number of aryl methyl sites for hydroxylation is 2. The Morgan fingerprint density at radius 2 is 1.89 bits per heavy atom. The van der Waals surface area contributed by atoms with E-state index in [9.17, 15) is 9.67 Å². The van der Waals surface area contributed by atoms with Gasteiger partial charge >= 0.3 is 7.82 Å². The zero-order chi connectivity index (χ0) is 20.6. The SMILES string of the molecule is CCCCCCCCc1ccc2c(c1)CC[C@@H](C(N)(CO)COP(=O)(O)O)C2. The van der Waals surface area contributed by atoms with Gasteiger partial charge in [-0.1, -0.05) is 57.2 Å². The number of fused-ring (bicyclic) bond motifs is 1. The summed E-state index contributed by atoms with van der Waals surface area (Å²) in [5, 5.41) is 9.74. The van der Waals surface area contributed by atoms with Crippen molar-refractivity contribution < 1.29 is 24.0 Å². The third-order valence-electron chi connectivity index (χ3n) is 5.93. The topological polar surface area (TPSA) is 113 Å². The van der Waals surface area contributed by atoms with Gasteiger partial charge in [-0.25, -0.2) is 4.57 Å². The van der Waals surface area contributed by atoms with Gasteiger partial charge in [0.15, 0.2) is 0 Å². The second kappa shape index (κ2) is 10.9. The van der Waals surface area contributed by atoms with Gasteiger partial charge in [-0.15, -0.1) is 0 Å². The Labute approximate surface area is 168 Å². The molecule has 0 fully saturated rings. The van der Waals surface area contributed by atoms with Crippen LogP contribution < -0.4 is 5.73 Å². The molecule has 0 spiro atoms. The maximum atomic E-state index is 11.0. The summed E-state index contributed by atoms with van der Waals surface area (Å²) in [6, 6.07) is 6.62. The number of phosphoric ester groups is 1. The lowest BCUT2D eigenvalue weighted by atomic mass is 9.73. The van der Waals surface area contributed by atoms with Gasteiger partial charge in [0.05, 0.1) is 18.8 Å². The molecule has 2 rings (SSSR count). The molecule has 1 aromatic rings. The van der Waals surface area contributed by atoms with E-state index in [0.29, 0.717) is 6.42 Å². The van der Waals surface area contributed by atoms with Crippen LogP contribution in [-0.2, 0) is 28.4 Å². The highest BCUT2D eigenvalue weighted by molar-refractivity contribution is 7.46. The highest BCUT2D eigenvalue weighted by Gasteiger charge is 2.38. The van der Waals surface area contributed by atoms with Crippen molar-refractivity contribution in [2.75, 3.05) is 13.2 Å². The molecule has 0 saturated carbocycles. The van der Waals surface area contributed by atoms with E-state index in [1.54, 1.807) is 0 Å². The van der Waals surface area contributed by atoms with Crippen LogP contribution in [0, 0.1) is 5.92 Å². The summed E-state index contributed by atoms with van der Waals surface area (Å²) in [7, 11) is -4.61. The summed E-state index contributed by atoms with van der Waals surface area (Å²) in [6.07, 6.45) is 11.2. The van der Waals surface area contributed by atoms with Crippen molar-refractivity contribution in [2.24, 2.45) is 11.7 Å². The first kappa shape index (κ1) is 23.5. The number of nitrogens with two attached hydrogens (primary N) is 1. The van der Waals surface area contributed by atoms with E-state index < -0.39 is 13.4 Å². The minimum absolute atomic E-state index is 0.0824. The molecule has 160 valence electrons. The first-order valence-electron chi connectivity index (χ1n) is 10.5.